The number of rotatable bonds is 9. The van der Waals surface area contributed by atoms with Gasteiger partial charge in [-0.25, -0.2) is 0 Å². The molecule has 0 amide bonds. The number of nitrogens with zero attached hydrogens (tertiary/aromatic N) is 6. The molecule has 10 heteroatoms. The third-order valence-electron chi connectivity index (χ3n) is 8.12. The van der Waals surface area contributed by atoms with Gasteiger partial charge in [0, 0.05) is 78.5 Å². The summed E-state index contributed by atoms with van der Waals surface area (Å²) < 4.78 is 15.9. The van der Waals surface area contributed by atoms with Gasteiger partial charge >= 0.3 is 0 Å². The minimum Gasteiger partial charge on any atom is -0.453 e. The topological polar surface area (TPSA) is 28.7 Å². The Kier molecular flexibility index (Phi) is 9.60. The normalized spacial score (nSPS) is 24.9. The molecule has 0 atom stereocenters. The van der Waals surface area contributed by atoms with Gasteiger partial charge in [0.15, 0.2) is 16.6 Å². The van der Waals surface area contributed by atoms with Crippen LogP contribution >= 0.6 is 0 Å². The van der Waals surface area contributed by atoms with Gasteiger partial charge in [-0.2, -0.15) is 0 Å². The van der Waals surface area contributed by atoms with Crippen LogP contribution in [0.3, 0.4) is 0 Å². The summed E-state index contributed by atoms with van der Waals surface area (Å²) in [5.41, 5.74) is 2.12. The zero-order valence-electron chi connectivity index (χ0n) is 22.8. The van der Waals surface area contributed by atoms with Crippen LogP contribution in [-0.4, -0.2) is 153 Å². The molecule has 3 aliphatic rings. The van der Waals surface area contributed by atoms with Crippen LogP contribution in [-0.2, 0) is 4.12 Å². The van der Waals surface area contributed by atoms with Gasteiger partial charge in [0.25, 0.3) is 8.56 Å². The van der Waals surface area contributed by atoms with Crippen LogP contribution in [0.5, 0.6) is 0 Å². The maximum atomic E-state index is 6.88. The van der Waals surface area contributed by atoms with Gasteiger partial charge in [0.1, 0.15) is 0 Å². The van der Waals surface area contributed by atoms with Crippen molar-refractivity contribution in [3.63, 3.8) is 0 Å². The van der Waals surface area contributed by atoms with Crippen molar-refractivity contribution in [1.29, 1.82) is 0 Å². The maximum Gasteiger partial charge on any atom is 0.289 e. The van der Waals surface area contributed by atoms with Gasteiger partial charge in [0.2, 0.25) is 0 Å². The molecule has 3 fully saturated rings. The van der Waals surface area contributed by atoms with Crippen LogP contribution in [0.25, 0.3) is 0 Å². The molecule has 0 aromatic rings. The molecular formula is C23H52N6OSi3. The fourth-order valence-electron chi connectivity index (χ4n) is 5.84. The summed E-state index contributed by atoms with van der Waals surface area (Å²) in [6.07, 6.45) is 0. The standard InChI is InChI=1S/C23H52N6OSi3/c1-9-31(5,6)30-32(7,8)22-23-33(27-16-10-24(2)11-17-27,28-18-12-25(3)13-19-28)29-20-14-26(4)15-21-29/h9H,1,10-23H2,2-8H3. The Hall–Kier alpha value is 0.111. The van der Waals surface area contributed by atoms with Gasteiger partial charge in [-0.1, -0.05) is 5.70 Å². The lowest BCUT2D eigenvalue weighted by molar-refractivity contribution is 0.121. The predicted molar refractivity (Wildman–Crippen MR) is 149 cm³/mol. The molecule has 0 unspecified atom stereocenters. The number of piperazine rings is 3. The van der Waals surface area contributed by atoms with E-state index >= 15 is 0 Å². The Labute approximate surface area is 207 Å². The highest BCUT2D eigenvalue weighted by atomic mass is 28.4. The third-order valence-corrected chi connectivity index (χ3v) is 20.7. The third kappa shape index (κ3) is 7.08. The average Bonchev–Trinajstić information content (AvgIpc) is 2.76. The number of hydrogen-bond donors (Lipinski definition) is 0. The van der Waals surface area contributed by atoms with E-state index < -0.39 is 25.2 Å². The van der Waals surface area contributed by atoms with Crippen molar-refractivity contribution >= 4 is 25.2 Å². The average molecular weight is 513 g/mol. The molecule has 3 saturated heterocycles. The summed E-state index contributed by atoms with van der Waals surface area (Å²) in [5.74, 6) is 0. The van der Waals surface area contributed by atoms with Crippen molar-refractivity contribution in [1.82, 2.24) is 28.4 Å². The predicted octanol–water partition coefficient (Wildman–Crippen LogP) is 1.82. The van der Waals surface area contributed by atoms with Crippen LogP contribution in [0.2, 0.25) is 38.3 Å². The maximum absolute atomic E-state index is 6.88. The molecule has 0 aromatic carbocycles. The Balaban J connectivity index is 1.92. The Morgan fingerprint density at radius 3 is 1.24 bits per heavy atom. The van der Waals surface area contributed by atoms with E-state index in [-0.39, 0.29) is 0 Å². The molecule has 0 bridgehead atoms. The monoisotopic (exact) mass is 512 g/mol. The van der Waals surface area contributed by atoms with E-state index in [9.17, 15) is 0 Å². The van der Waals surface area contributed by atoms with Crippen molar-refractivity contribution in [2.24, 2.45) is 0 Å². The highest BCUT2D eigenvalue weighted by molar-refractivity contribution is 6.88. The molecular weight excluding hydrogens is 461 g/mol. The minimum absolute atomic E-state index is 1.20. The first-order valence-electron chi connectivity index (χ1n) is 13.1. The molecule has 0 aliphatic carbocycles. The Morgan fingerprint density at radius 1 is 0.606 bits per heavy atom. The van der Waals surface area contributed by atoms with Gasteiger partial charge in [-0.3, -0.25) is 13.7 Å². The second kappa shape index (κ2) is 11.4. The molecule has 3 heterocycles. The van der Waals surface area contributed by atoms with Gasteiger partial charge in [-0.15, -0.1) is 6.58 Å². The largest absolute Gasteiger partial charge is 0.453 e. The molecule has 0 N–H and O–H groups in total. The number of likely N-dealkylation sites (N-methyl/N-ethyl adjacent to an activating group) is 3. The molecule has 7 nitrogen and oxygen atoms in total. The lowest BCUT2D eigenvalue weighted by Crippen LogP contribution is -2.80. The van der Waals surface area contributed by atoms with E-state index in [1.54, 1.807) is 0 Å². The first kappa shape index (κ1) is 27.7. The molecule has 0 spiro atoms. The fourth-order valence-corrected chi connectivity index (χ4v) is 20.9. The second-order valence-electron chi connectivity index (χ2n) is 11.8. The van der Waals surface area contributed by atoms with Gasteiger partial charge in [0.05, 0.1) is 0 Å². The molecule has 0 radical (unpaired) electrons. The van der Waals surface area contributed by atoms with E-state index in [0.717, 1.165) is 0 Å². The highest BCUT2D eigenvalue weighted by Crippen LogP contribution is 2.33. The van der Waals surface area contributed by atoms with Gasteiger partial charge in [-0.05, 0) is 59.4 Å². The van der Waals surface area contributed by atoms with E-state index in [1.165, 1.54) is 90.6 Å². The summed E-state index contributed by atoms with van der Waals surface area (Å²) in [7, 11) is 1.30. The van der Waals surface area contributed by atoms with Crippen molar-refractivity contribution in [2.75, 3.05) is 99.7 Å². The highest BCUT2D eigenvalue weighted by Gasteiger charge is 2.53. The summed E-state index contributed by atoms with van der Waals surface area (Å²) in [4.78, 5) is 7.55. The van der Waals surface area contributed by atoms with Crippen molar-refractivity contribution in [3.8, 4) is 0 Å². The quantitative estimate of drug-likeness (QED) is 0.435. The summed E-state index contributed by atoms with van der Waals surface area (Å²) in [6.45, 7) is 28.1. The summed E-state index contributed by atoms with van der Waals surface area (Å²) >= 11 is 0. The Bertz CT molecular complexity index is 573. The molecule has 192 valence electrons. The SMILES string of the molecule is C=C[Si](C)(C)O[Si](C)(C)CC[Si](N1CCN(C)CC1)(N1CCN(C)CC1)N1CCN(C)CC1. The first-order valence-corrected chi connectivity index (χ1v) is 21.3. The van der Waals surface area contributed by atoms with Crippen LogP contribution in [0, 0.1) is 0 Å². The van der Waals surface area contributed by atoms with E-state index in [0.29, 0.717) is 0 Å². The van der Waals surface area contributed by atoms with Crippen LogP contribution < -0.4 is 0 Å². The van der Waals surface area contributed by atoms with E-state index in [4.69, 9.17) is 4.12 Å². The fraction of sp³-hybridized carbons (Fsp3) is 0.913. The van der Waals surface area contributed by atoms with Crippen molar-refractivity contribution in [3.05, 3.63) is 12.3 Å². The molecule has 0 saturated carbocycles. The van der Waals surface area contributed by atoms with Crippen molar-refractivity contribution < 1.29 is 4.12 Å². The lowest BCUT2D eigenvalue weighted by Gasteiger charge is -2.59. The van der Waals surface area contributed by atoms with Crippen LogP contribution in [0.1, 0.15) is 0 Å². The molecule has 0 aromatic heterocycles. The molecule has 33 heavy (non-hydrogen) atoms. The summed E-state index contributed by atoms with van der Waals surface area (Å²) in [6, 6.07) is 2.58. The van der Waals surface area contributed by atoms with E-state index in [2.05, 4.69) is 88.0 Å². The minimum atomic E-state index is -2.01. The van der Waals surface area contributed by atoms with Crippen LogP contribution in [0.4, 0.5) is 0 Å². The first-order chi connectivity index (χ1) is 15.5. The van der Waals surface area contributed by atoms with Crippen LogP contribution in [0.15, 0.2) is 12.3 Å². The zero-order chi connectivity index (χ0) is 24.3. The Morgan fingerprint density at radius 2 is 0.939 bits per heavy atom. The second-order valence-corrected chi connectivity index (χ2v) is 24.2. The van der Waals surface area contributed by atoms with Crippen molar-refractivity contribution in [2.45, 2.75) is 38.3 Å². The lowest BCUT2D eigenvalue weighted by atomic mass is 10.4. The number of hydrogen-bond acceptors (Lipinski definition) is 7. The molecule has 3 aliphatic heterocycles. The smallest absolute Gasteiger partial charge is 0.289 e. The zero-order valence-corrected chi connectivity index (χ0v) is 25.8. The summed E-state index contributed by atoms with van der Waals surface area (Å²) in [5, 5.41) is 0. The molecule has 3 rings (SSSR count). The van der Waals surface area contributed by atoms with E-state index in [1.807, 2.05) is 0 Å². The van der Waals surface area contributed by atoms with Gasteiger partial charge < -0.3 is 18.8 Å².